The minimum atomic E-state index is -0.195. The van der Waals surface area contributed by atoms with Crippen molar-refractivity contribution in [1.29, 1.82) is 0 Å². The molecule has 3 heteroatoms. The molecule has 2 saturated carbocycles. The summed E-state index contributed by atoms with van der Waals surface area (Å²) in [5.41, 5.74) is 1.88. The van der Waals surface area contributed by atoms with Crippen molar-refractivity contribution in [3.05, 3.63) is 29.3 Å². The summed E-state index contributed by atoms with van der Waals surface area (Å²) in [5.74, 6) is 2.26. The summed E-state index contributed by atoms with van der Waals surface area (Å²) in [5, 5.41) is 0. The maximum Gasteiger partial charge on any atom is 0.231 e. The Balaban J connectivity index is 1.76. The van der Waals surface area contributed by atoms with Crippen molar-refractivity contribution < 1.29 is 14.3 Å². The molecule has 0 saturated heterocycles. The predicted molar refractivity (Wildman–Crippen MR) is 80.2 cm³/mol. The lowest BCUT2D eigenvalue weighted by Gasteiger charge is -2.31. The SMILES string of the molecule is CC12CCC(/C(=C/c3ccc4c(c3)OCO4)C1=O)C2(C)C. The molecule has 3 aliphatic rings. The lowest BCUT2D eigenvalue weighted by Crippen LogP contribution is -2.32. The number of carbonyl (C=O) groups is 1. The van der Waals surface area contributed by atoms with E-state index in [4.69, 9.17) is 9.47 Å². The minimum Gasteiger partial charge on any atom is -0.454 e. The van der Waals surface area contributed by atoms with E-state index in [1.807, 2.05) is 18.2 Å². The van der Waals surface area contributed by atoms with Gasteiger partial charge in [-0.1, -0.05) is 26.8 Å². The highest BCUT2D eigenvalue weighted by Gasteiger charge is 2.63. The van der Waals surface area contributed by atoms with Crippen molar-refractivity contribution >= 4 is 11.9 Å². The highest BCUT2D eigenvalue weighted by Crippen LogP contribution is 2.65. The lowest BCUT2D eigenvalue weighted by molar-refractivity contribution is -0.125. The van der Waals surface area contributed by atoms with Crippen LogP contribution in [0.25, 0.3) is 6.08 Å². The van der Waals surface area contributed by atoms with E-state index in [0.29, 0.717) is 11.7 Å². The molecule has 3 nitrogen and oxygen atoms in total. The fourth-order valence-corrected chi connectivity index (χ4v) is 4.28. The van der Waals surface area contributed by atoms with E-state index in [2.05, 4.69) is 26.8 Å². The number of benzene rings is 1. The Bertz CT molecular complexity index is 671. The second-order valence-corrected chi connectivity index (χ2v) is 7.19. The first kappa shape index (κ1) is 12.9. The standard InChI is InChI=1S/C18H20O3/c1-17(2)13-6-7-18(17,3)16(19)12(13)8-11-4-5-14-15(9-11)21-10-20-14/h4-5,8-9,13H,6-7,10H2,1-3H3/b12-8-. The van der Waals surface area contributed by atoms with Crippen LogP contribution in [0.4, 0.5) is 0 Å². The monoisotopic (exact) mass is 284 g/mol. The third kappa shape index (κ3) is 1.52. The summed E-state index contributed by atoms with van der Waals surface area (Å²) in [6.45, 7) is 6.89. The molecule has 2 aliphatic carbocycles. The van der Waals surface area contributed by atoms with Crippen LogP contribution in [0.2, 0.25) is 0 Å². The molecule has 0 N–H and O–H groups in total. The molecule has 0 spiro atoms. The van der Waals surface area contributed by atoms with Crippen LogP contribution in [0.3, 0.4) is 0 Å². The molecule has 2 atom stereocenters. The topological polar surface area (TPSA) is 35.5 Å². The Hall–Kier alpha value is -1.77. The van der Waals surface area contributed by atoms with Crippen molar-refractivity contribution in [2.24, 2.45) is 16.7 Å². The van der Waals surface area contributed by atoms with E-state index in [1.165, 1.54) is 0 Å². The van der Waals surface area contributed by atoms with Crippen molar-refractivity contribution in [1.82, 2.24) is 0 Å². The number of allylic oxidation sites excluding steroid dienone is 1. The molecule has 0 radical (unpaired) electrons. The smallest absolute Gasteiger partial charge is 0.231 e. The van der Waals surface area contributed by atoms with Crippen LogP contribution < -0.4 is 9.47 Å². The maximum absolute atomic E-state index is 12.8. The second kappa shape index (κ2) is 3.90. The van der Waals surface area contributed by atoms with E-state index in [1.54, 1.807) is 0 Å². The van der Waals surface area contributed by atoms with Crippen LogP contribution in [0.15, 0.2) is 23.8 Å². The zero-order valence-electron chi connectivity index (χ0n) is 12.7. The van der Waals surface area contributed by atoms with Crippen molar-refractivity contribution in [3.63, 3.8) is 0 Å². The number of Topliss-reactive ketones (excluding diaryl/α,β-unsaturated/α-hetero) is 1. The van der Waals surface area contributed by atoms with Gasteiger partial charge in [0.15, 0.2) is 17.3 Å². The maximum atomic E-state index is 12.8. The first-order valence-corrected chi connectivity index (χ1v) is 7.59. The predicted octanol–water partition coefficient (Wildman–Crippen LogP) is 3.82. The highest BCUT2D eigenvalue weighted by atomic mass is 16.7. The summed E-state index contributed by atoms with van der Waals surface area (Å²) in [6, 6.07) is 5.87. The molecule has 1 aliphatic heterocycles. The van der Waals surface area contributed by atoms with Crippen molar-refractivity contribution in [3.8, 4) is 11.5 Å². The normalized spacial score (nSPS) is 34.0. The van der Waals surface area contributed by atoms with Gasteiger partial charge in [-0.3, -0.25) is 4.79 Å². The summed E-state index contributed by atoms with van der Waals surface area (Å²) in [6.07, 6.45) is 4.19. The van der Waals surface area contributed by atoms with Gasteiger partial charge in [-0.15, -0.1) is 0 Å². The zero-order chi connectivity index (χ0) is 14.8. The van der Waals surface area contributed by atoms with Gasteiger partial charge < -0.3 is 9.47 Å². The number of ether oxygens (including phenoxy) is 2. The van der Waals surface area contributed by atoms with Crippen LogP contribution in [0.1, 0.15) is 39.2 Å². The van der Waals surface area contributed by atoms with Gasteiger partial charge in [0.1, 0.15) is 0 Å². The second-order valence-electron chi connectivity index (χ2n) is 7.19. The van der Waals surface area contributed by atoms with Gasteiger partial charge in [0.05, 0.1) is 0 Å². The third-order valence-corrected chi connectivity index (χ3v) is 6.08. The Morgan fingerprint density at radius 3 is 2.67 bits per heavy atom. The molecular weight excluding hydrogens is 264 g/mol. The van der Waals surface area contributed by atoms with Crippen LogP contribution in [0, 0.1) is 16.7 Å². The molecular formula is C18H20O3. The van der Waals surface area contributed by atoms with Gasteiger partial charge in [0, 0.05) is 5.41 Å². The first-order valence-electron chi connectivity index (χ1n) is 7.59. The number of rotatable bonds is 1. The van der Waals surface area contributed by atoms with Gasteiger partial charge >= 0.3 is 0 Å². The number of hydrogen-bond donors (Lipinski definition) is 0. The van der Waals surface area contributed by atoms with E-state index in [-0.39, 0.29) is 17.6 Å². The molecule has 2 fully saturated rings. The molecule has 2 unspecified atom stereocenters. The Morgan fingerprint density at radius 2 is 1.95 bits per heavy atom. The summed E-state index contributed by atoms with van der Waals surface area (Å²) in [7, 11) is 0. The van der Waals surface area contributed by atoms with Crippen LogP contribution in [-0.2, 0) is 4.79 Å². The fourth-order valence-electron chi connectivity index (χ4n) is 4.28. The van der Waals surface area contributed by atoms with Crippen LogP contribution >= 0.6 is 0 Å². The summed E-state index contributed by atoms with van der Waals surface area (Å²) >= 11 is 0. The van der Waals surface area contributed by atoms with Crippen LogP contribution in [-0.4, -0.2) is 12.6 Å². The fraction of sp³-hybridized carbons (Fsp3) is 0.500. The minimum absolute atomic E-state index is 0.0618. The van der Waals surface area contributed by atoms with E-state index < -0.39 is 0 Å². The van der Waals surface area contributed by atoms with Crippen molar-refractivity contribution in [2.45, 2.75) is 33.6 Å². The third-order valence-electron chi connectivity index (χ3n) is 6.08. The molecule has 110 valence electrons. The summed E-state index contributed by atoms with van der Waals surface area (Å²) in [4.78, 5) is 12.8. The molecule has 0 aromatic heterocycles. The Kier molecular flexibility index (Phi) is 2.40. The Labute approximate surface area is 124 Å². The van der Waals surface area contributed by atoms with E-state index in [9.17, 15) is 4.79 Å². The van der Waals surface area contributed by atoms with E-state index >= 15 is 0 Å². The quantitative estimate of drug-likeness (QED) is 0.735. The molecule has 1 aromatic carbocycles. The highest BCUT2D eigenvalue weighted by molar-refractivity contribution is 6.08. The molecule has 4 rings (SSSR count). The van der Waals surface area contributed by atoms with Gasteiger partial charge in [0.25, 0.3) is 0 Å². The molecule has 2 bridgehead atoms. The number of hydrogen-bond acceptors (Lipinski definition) is 3. The average molecular weight is 284 g/mol. The van der Waals surface area contributed by atoms with Gasteiger partial charge in [-0.05, 0) is 53.5 Å². The first-order chi connectivity index (χ1) is 9.93. The van der Waals surface area contributed by atoms with Crippen LogP contribution in [0.5, 0.6) is 11.5 Å². The van der Waals surface area contributed by atoms with Gasteiger partial charge in [-0.25, -0.2) is 0 Å². The molecule has 1 aromatic rings. The van der Waals surface area contributed by atoms with Gasteiger partial charge in [0.2, 0.25) is 6.79 Å². The Morgan fingerprint density at radius 1 is 1.19 bits per heavy atom. The van der Waals surface area contributed by atoms with Crippen molar-refractivity contribution in [2.75, 3.05) is 6.79 Å². The number of ketones is 1. The van der Waals surface area contributed by atoms with Gasteiger partial charge in [-0.2, -0.15) is 0 Å². The number of carbonyl (C=O) groups excluding carboxylic acids is 1. The average Bonchev–Trinajstić information content (AvgIpc) is 3.02. The largest absolute Gasteiger partial charge is 0.454 e. The number of fused-ring (bicyclic) bond motifs is 3. The lowest BCUT2D eigenvalue weighted by atomic mass is 9.70. The molecule has 0 amide bonds. The zero-order valence-corrected chi connectivity index (χ0v) is 12.7. The van der Waals surface area contributed by atoms with E-state index in [0.717, 1.165) is 35.5 Å². The molecule has 1 heterocycles. The summed E-state index contributed by atoms with van der Waals surface area (Å²) < 4.78 is 10.7. The molecule has 21 heavy (non-hydrogen) atoms.